The lowest BCUT2D eigenvalue weighted by Crippen LogP contribution is -1.62. The van der Waals surface area contributed by atoms with E-state index in [0.29, 0.717) is 0 Å². The summed E-state index contributed by atoms with van der Waals surface area (Å²) in [4.78, 5) is 0. The van der Waals surface area contributed by atoms with Crippen LogP contribution in [0.3, 0.4) is 0 Å². The van der Waals surface area contributed by atoms with Crippen LogP contribution in [0.15, 0.2) is 36.0 Å². The second-order valence-electron chi connectivity index (χ2n) is 2.47. The number of hydrogen-bond donors (Lipinski definition) is 0. The zero-order valence-electron chi connectivity index (χ0n) is 7.09. The summed E-state index contributed by atoms with van der Waals surface area (Å²) in [5.74, 6) is 0. The number of hydrogen-bond acceptors (Lipinski definition) is 0. The van der Waals surface area contributed by atoms with Crippen LogP contribution in [0, 0.1) is 0 Å². The predicted molar refractivity (Wildman–Crippen MR) is 48.0 cm³/mol. The fraction of sp³-hybridized carbons (Fsp3) is 0.400. The van der Waals surface area contributed by atoms with Gasteiger partial charge in [0, 0.05) is 0 Å². The van der Waals surface area contributed by atoms with E-state index in [-0.39, 0.29) is 0 Å². The molecule has 0 bridgehead atoms. The van der Waals surface area contributed by atoms with E-state index >= 15 is 0 Å². The van der Waals surface area contributed by atoms with Crippen LogP contribution in [0.1, 0.15) is 27.2 Å². The van der Waals surface area contributed by atoms with Crippen LogP contribution in [0.2, 0.25) is 0 Å². The van der Waals surface area contributed by atoms with Crippen molar-refractivity contribution in [2.75, 3.05) is 0 Å². The summed E-state index contributed by atoms with van der Waals surface area (Å²) in [6, 6.07) is 0. The van der Waals surface area contributed by atoms with Crippen LogP contribution in [0.4, 0.5) is 0 Å². The van der Waals surface area contributed by atoms with Crippen LogP contribution in [-0.2, 0) is 0 Å². The van der Waals surface area contributed by atoms with Crippen molar-refractivity contribution in [3.8, 4) is 0 Å². The van der Waals surface area contributed by atoms with Crippen molar-refractivity contribution >= 4 is 0 Å². The van der Waals surface area contributed by atoms with Crippen molar-refractivity contribution in [3.05, 3.63) is 36.0 Å². The lowest BCUT2D eigenvalue weighted by Gasteiger charge is -1.83. The molecule has 0 spiro atoms. The Morgan fingerprint density at radius 2 is 1.90 bits per heavy atom. The SMILES string of the molecule is C/C=C\C=C/CC=C(C)C. The lowest BCUT2D eigenvalue weighted by atomic mass is 10.2. The van der Waals surface area contributed by atoms with Gasteiger partial charge >= 0.3 is 0 Å². The number of rotatable bonds is 3. The first-order valence-corrected chi connectivity index (χ1v) is 3.68. The highest BCUT2D eigenvalue weighted by atomic mass is 13.8. The zero-order chi connectivity index (χ0) is 7.82. The molecule has 0 heterocycles. The van der Waals surface area contributed by atoms with Gasteiger partial charge in [0.2, 0.25) is 0 Å². The van der Waals surface area contributed by atoms with Gasteiger partial charge in [0.15, 0.2) is 0 Å². The maximum absolute atomic E-state index is 2.21. The minimum Gasteiger partial charge on any atom is -0.0877 e. The topological polar surface area (TPSA) is 0 Å². The summed E-state index contributed by atoms with van der Waals surface area (Å²) in [5, 5.41) is 0. The highest BCUT2D eigenvalue weighted by Crippen LogP contribution is 1.93. The second kappa shape index (κ2) is 6.34. The Bertz CT molecular complexity index is 143. The first-order chi connectivity index (χ1) is 4.77. The van der Waals surface area contributed by atoms with Crippen molar-refractivity contribution in [2.24, 2.45) is 0 Å². The molecule has 0 aliphatic heterocycles. The van der Waals surface area contributed by atoms with Crippen molar-refractivity contribution < 1.29 is 0 Å². The molecular formula is C10H16. The van der Waals surface area contributed by atoms with E-state index in [1.807, 2.05) is 19.1 Å². The zero-order valence-corrected chi connectivity index (χ0v) is 7.09. The van der Waals surface area contributed by atoms with Gasteiger partial charge in [-0.1, -0.05) is 36.0 Å². The number of allylic oxidation sites excluding steroid dienone is 6. The molecule has 0 radical (unpaired) electrons. The van der Waals surface area contributed by atoms with E-state index in [4.69, 9.17) is 0 Å². The van der Waals surface area contributed by atoms with E-state index in [0.717, 1.165) is 6.42 Å². The molecule has 0 nitrogen and oxygen atoms in total. The molecule has 0 heteroatoms. The third-order valence-corrected chi connectivity index (χ3v) is 1.10. The molecule has 0 rings (SSSR count). The maximum Gasteiger partial charge on any atom is -0.0164 e. The monoisotopic (exact) mass is 136 g/mol. The third kappa shape index (κ3) is 7.22. The van der Waals surface area contributed by atoms with Gasteiger partial charge in [0.25, 0.3) is 0 Å². The normalized spacial score (nSPS) is 11.1. The average Bonchev–Trinajstić information content (AvgIpc) is 1.87. The standard InChI is InChI=1S/C10H16/c1-4-5-6-7-8-9-10(2)3/h4-7,9H,8H2,1-3H3/b5-4-,7-6-. The fourth-order valence-electron chi connectivity index (χ4n) is 0.572. The molecule has 0 saturated carbocycles. The van der Waals surface area contributed by atoms with Gasteiger partial charge in [-0.3, -0.25) is 0 Å². The van der Waals surface area contributed by atoms with Gasteiger partial charge in [-0.2, -0.15) is 0 Å². The molecular weight excluding hydrogens is 120 g/mol. The molecule has 0 fully saturated rings. The third-order valence-electron chi connectivity index (χ3n) is 1.10. The second-order valence-corrected chi connectivity index (χ2v) is 2.47. The maximum atomic E-state index is 2.21. The van der Waals surface area contributed by atoms with Gasteiger partial charge in [-0.25, -0.2) is 0 Å². The molecule has 0 atom stereocenters. The quantitative estimate of drug-likeness (QED) is 0.411. The smallest absolute Gasteiger partial charge is 0.0164 e. The van der Waals surface area contributed by atoms with Crippen LogP contribution < -0.4 is 0 Å². The Hall–Kier alpha value is -0.780. The van der Waals surface area contributed by atoms with Crippen molar-refractivity contribution in [3.63, 3.8) is 0 Å². The molecule has 56 valence electrons. The van der Waals surface area contributed by atoms with Crippen molar-refractivity contribution in [2.45, 2.75) is 27.2 Å². The largest absolute Gasteiger partial charge is 0.0877 e. The first-order valence-electron chi connectivity index (χ1n) is 3.68. The van der Waals surface area contributed by atoms with E-state index < -0.39 is 0 Å². The lowest BCUT2D eigenvalue weighted by molar-refractivity contribution is 1.28. The fourth-order valence-corrected chi connectivity index (χ4v) is 0.572. The molecule has 0 saturated heterocycles. The summed E-state index contributed by atoms with van der Waals surface area (Å²) in [5.41, 5.74) is 1.38. The van der Waals surface area contributed by atoms with E-state index in [2.05, 4.69) is 32.1 Å². The Labute approximate surface area is 64.0 Å². The molecule has 0 aromatic carbocycles. The minimum atomic E-state index is 1.05. The molecule has 0 aliphatic rings. The van der Waals surface area contributed by atoms with Crippen LogP contribution in [0.5, 0.6) is 0 Å². The Morgan fingerprint density at radius 3 is 2.40 bits per heavy atom. The predicted octanol–water partition coefficient (Wildman–Crippen LogP) is 3.48. The van der Waals surface area contributed by atoms with Gasteiger partial charge in [0.1, 0.15) is 0 Å². The van der Waals surface area contributed by atoms with Crippen molar-refractivity contribution in [1.29, 1.82) is 0 Å². The van der Waals surface area contributed by atoms with Gasteiger partial charge in [0.05, 0.1) is 0 Å². The highest BCUT2D eigenvalue weighted by Gasteiger charge is 1.72. The molecule has 0 amide bonds. The van der Waals surface area contributed by atoms with E-state index in [9.17, 15) is 0 Å². The van der Waals surface area contributed by atoms with Gasteiger partial charge in [-0.15, -0.1) is 0 Å². The Kier molecular flexibility index (Phi) is 5.85. The molecule has 0 aromatic heterocycles. The molecule has 0 aliphatic carbocycles. The Morgan fingerprint density at radius 1 is 1.20 bits per heavy atom. The van der Waals surface area contributed by atoms with Gasteiger partial charge in [-0.05, 0) is 27.2 Å². The summed E-state index contributed by atoms with van der Waals surface area (Å²) in [6.45, 7) is 6.25. The molecule has 0 N–H and O–H groups in total. The van der Waals surface area contributed by atoms with Crippen LogP contribution in [-0.4, -0.2) is 0 Å². The molecule has 10 heavy (non-hydrogen) atoms. The average molecular weight is 136 g/mol. The highest BCUT2D eigenvalue weighted by molar-refractivity contribution is 5.05. The first kappa shape index (κ1) is 9.22. The summed E-state index contributed by atoms with van der Waals surface area (Å²) < 4.78 is 0. The van der Waals surface area contributed by atoms with Gasteiger partial charge < -0.3 is 0 Å². The summed E-state index contributed by atoms with van der Waals surface area (Å²) in [6.07, 6.45) is 11.5. The van der Waals surface area contributed by atoms with E-state index in [1.54, 1.807) is 0 Å². The Balaban J connectivity index is 3.45. The minimum absolute atomic E-state index is 1.05. The van der Waals surface area contributed by atoms with Crippen LogP contribution in [0.25, 0.3) is 0 Å². The summed E-state index contributed by atoms with van der Waals surface area (Å²) in [7, 11) is 0. The summed E-state index contributed by atoms with van der Waals surface area (Å²) >= 11 is 0. The molecule has 0 aromatic rings. The van der Waals surface area contributed by atoms with Crippen LogP contribution >= 0.6 is 0 Å². The van der Waals surface area contributed by atoms with Crippen molar-refractivity contribution in [1.82, 2.24) is 0 Å². The molecule has 0 unspecified atom stereocenters. The van der Waals surface area contributed by atoms with E-state index in [1.165, 1.54) is 5.57 Å².